The van der Waals surface area contributed by atoms with Gasteiger partial charge >= 0.3 is 0 Å². The fourth-order valence-corrected chi connectivity index (χ4v) is 3.78. The fraction of sp³-hybridized carbons (Fsp3) is 0.615. The molecule has 4 heteroatoms. The molecule has 2 fully saturated rings. The SMILES string of the molecule is Cc1cscc1C(=O)N1CC2CCCNC2C1. The first-order valence-electron chi connectivity index (χ1n) is 6.31. The molecule has 0 bridgehead atoms. The number of aryl methyl sites for hydroxylation is 1. The third-order valence-electron chi connectivity index (χ3n) is 3.97. The molecule has 1 N–H and O–H groups in total. The van der Waals surface area contributed by atoms with Gasteiger partial charge in [0.25, 0.3) is 5.91 Å². The summed E-state index contributed by atoms with van der Waals surface area (Å²) in [4.78, 5) is 14.4. The average molecular weight is 250 g/mol. The summed E-state index contributed by atoms with van der Waals surface area (Å²) in [5, 5.41) is 7.56. The second-order valence-corrected chi connectivity index (χ2v) is 5.89. The van der Waals surface area contributed by atoms with E-state index in [0.717, 1.165) is 30.8 Å². The van der Waals surface area contributed by atoms with E-state index in [0.29, 0.717) is 12.0 Å². The van der Waals surface area contributed by atoms with Gasteiger partial charge in [0.05, 0.1) is 5.56 Å². The number of carbonyl (C=O) groups is 1. The van der Waals surface area contributed by atoms with Crippen molar-refractivity contribution in [2.24, 2.45) is 5.92 Å². The van der Waals surface area contributed by atoms with Gasteiger partial charge in [-0.2, -0.15) is 11.3 Å². The molecule has 3 heterocycles. The maximum Gasteiger partial charge on any atom is 0.255 e. The molecule has 3 rings (SSSR count). The van der Waals surface area contributed by atoms with E-state index >= 15 is 0 Å². The van der Waals surface area contributed by atoms with Crippen LogP contribution in [-0.2, 0) is 0 Å². The van der Waals surface area contributed by atoms with E-state index in [-0.39, 0.29) is 5.91 Å². The van der Waals surface area contributed by atoms with Crippen molar-refractivity contribution in [1.29, 1.82) is 0 Å². The number of fused-ring (bicyclic) bond motifs is 1. The number of likely N-dealkylation sites (tertiary alicyclic amines) is 1. The Bertz CT molecular complexity index is 415. The molecule has 0 spiro atoms. The minimum absolute atomic E-state index is 0.222. The van der Waals surface area contributed by atoms with Crippen LogP contribution >= 0.6 is 11.3 Å². The van der Waals surface area contributed by atoms with E-state index in [9.17, 15) is 4.79 Å². The van der Waals surface area contributed by atoms with Crippen molar-refractivity contribution in [3.05, 3.63) is 21.9 Å². The van der Waals surface area contributed by atoms with Crippen molar-refractivity contribution >= 4 is 17.2 Å². The van der Waals surface area contributed by atoms with Crippen LogP contribution < -0.4 is 5.32 Å². The zero-order chi connectivity index (χ0) is 11.8. The molecule has 3 nitrogen and oxygen atoms in total. The Kier molecular flexibility index (Phi) is 2.92. The molecule has 0 saturated carbocycles. The molecule has 2 aliphatic heterocycles. The summed E-state index contributed by atoms with van der Waals surface area (Å²) in [6, 6.07) is 0.534. The Morgan fingerprint density at radius 3 is 3.06 bits per heavy atom. The van der Waals surface area contributed by atoms with Crippen LogP contribution in [0.5, 0.6) is 0 Å². The maximum atomic E-state index is 12.4. The van der Waals surface area contributed by atoms with Crippen molar-refractivity contribution < 1.29 is 4.79 Å². The van der Waals surface area contributed by atoms with E-state index in [1.165, 1.54) is 12.8 Å². The minimum Gasteiger partial charge on any atom is -0.337 e. The van der Waals surface area contributed by atoms with E-state index in [4.69, 9.17) is 0 Å². The van der Waals surface area contributed by atoms with Crippen molar-refractivity contribution in [3.8, 4) is 0 Å². The lowest BCUT2D eigenvalue weighted by Gasteiger charge is -2.24. The first-order valence-corrected chi connectivity index (χ1v) is 7.25. The summed E-state index contributed by atoms with van der Waals surface area (Å²) >= 11 is 1.62. The Hall–Kier alpha value is -0.870. The van der Waals surface area contributed by atoms with Crippen molar-refractivity contribution in [1.82, 2.24) is 10.2 Å². The third-order valence-corrected chi connectivity index (χ3v) is 4.83. The van der Waals surface area contributed by atoms with Crippen LogP contribution in [0.15, 0.2) is 10.8 Å². The molecular weight excluding hydrogens is 232 g/mol. The lowest BCUT2D eigenvalue weighted by Crippen LogP contribution is -2.41. The van der Waals surface area contributed by atoms with Crippen LogP contribution in [0.4, 0.5) is 0 Å². The number of rotatable bonds is 1. The molecule has 2 aliphatic rings. The molecule has 1 amide bonds. The molecule has 1 aromatic rings. The lowest BCUT2D eigenvalue weighted by atomic mass is 9.94. The van der Waals surface area contributed by atoms with Gasteiger partial charge in [-0.05, 0) is 43.2 Å². The molecule has 2 unspecified atom stereocenters. The number of amides is 1. The first-order chi connectivity index (χ1) is 8.25. The van der Waals surface area contributed by atoms with Crippen molar-refractivity contribution in [2.45, 2.75) is 25.8 Å². The number of nitrogens with zero attached hydrogens (tertiary/aromatic N) is 1. The Labute approximate surface area is 106 Å². The van der Waals surface area contributed by atoms with Gasteiger partial charge in [-0.25, -0.2) is 0 Å². The topological polar surface area (TPSA) is 32.3 Å². The standard InChI is InChI=1S/C13H18N2OS/c1-9-7-17-8-11(9)13(16)15-5-10-3-2-4-14-12(10)6-15/h7-8,10,12,14H,2-6H2,1H3. The van der Waals surface area contributed by atoms with Crippen LogP contribution in [0.1, 0.15) is 28.8 Å². The highest BCUT2D eigenvalue weighted by Crippen LogP contribution is 2.27. The Balaban J connectivity index is 1.74. The zero-order valence-corrected chi connectivity index (χ0v) is 10.9. The summed E-state index contributed by atoms with van der Waals surface area (Å²) in [5.41, 5.74) is 2.01. The number of hydrogen-bond acceptors (Lipinski definition) is 3. The van der Waals surface area contributed by atoms with E-state index in [1.54, 1.807) is 11.3 Å². The van der Waals surface area contributed by atoms with Gasteiger partial charge in [0.1, 0.15) is 0 Å². The smallest absolute Gasteiger partial charge is 0.255 e. The monoisotopic (exact) mass is 250 g/mol. The van der Waals surface area contributed by atoms with Gasteiger partial charge in [0.2, 0.25) is 0 Å². The number of carbonyl (C=O) groups excluding carboxylic acids is 1. The molecule has 0 radical (unpaired) electrons. The van der Waals surface area contributed by atoms with Crippen molar-refractivity contribution in [3.63, 3.8) is 0 Å². The second kappa shape index (κ2) is 4.42. The summed E-state index contributed by atoms with van der Waals surface area (Å²) in [6.45, 7) is 4.95. The van der Waals surface area contributed by atoms with Crippen molar-refractivity contribution in [2.75, 3.05) is 19.6 Å². The van der Waals surface area contributed by atoms with Crippen LogP contribution in [0.3, 0.4) is 0 Å². The van der Waals surface area contributed by atoms with Gasteiger partial charge < -0.3 is 10.2 Å². The average Bonchev–Trinajstić information content (AvgIpc) is 2.93. The normalized spacial score (nSPS) is 28.2. The highest BCUT2D eigenvalue weighted by molar-refractivity contribution is 7.08. The maximum absolute atomic E-state index is 12.4. The van der Waals surface area contributed by atoms with Crippen LogP contribution in [-0.4, -0.2) is 36.5 Å². The number of hydrogen-bond donors (Lipinski definition) is 1. The van der Waals surface area contributed by atoms with E-state index < -0.39 is 0 Å². The van der Waals surface area contributed by atoms with E-state index in [2.05, 4.69) is 10.7 Å². The summed E-state index contributed by atoms with van der Waals surface area (Å²) in [5.74, 6) is 0.895. The zero-order valence-electron chi connectivity index (χ0n) is 10.1. The molecule has 0 aliphatic carbocycles. The molecule has 2 atom stereocenters. The van der Waals surface area contributed by atoms with Gasteiger partial charge in [-0.1, -0.05) is 0 Å². The molecule has 92 valence electrons. The molecule has 1 aromatic heterocycles. The summed E-state index contributed by atoms with van der Waals surface area (Å²) in [6.07, 6.45) is 2.52. The number of nitrogens with one attached hydrogen (secondary N) is 1. The quantitative estimate of drug-likeness (QED) is 0.825. The molecule has 17 heavy (non-hydrogen) atoms. The summed E-state index contributed by atoms with van der Waals surface area (Å²) in [7, 11) is 0. The number of piperidine rings is 1. The largest absolute Gasteiger partial charge is 0.337 e. The lowest BCUT2D eigenvalue weighted by molar-refractivity contribution is 0.0785. The fourth-order valence-electron chi connectivity index (χ4n) is 2.96. The minimum atomic E-state index is 0.222. The predicted octanol–water partition coefficient (Wildman–Crippen LogP) is 1.88. The molecule has 0 aromatic carbocycles. The Morgan fingerprint density at radius 2 is 2.35 bits per heavy atom. The van der Waals surface area contributed by atoms with E-state index in [1.807, 2.05) is 17.2 Å². The highest BCUT2D eigenvalue weighted by Gasteiger charge is 2.36. The molecule has 2 saturated heterocycles. The van der Waals surface area contributed by atoms with Crippen LogP contribution in [0.2, 0.25) is 0 Å². The Morgan fingerprint density at radius 1 is 1.47 bits per heavy atom. The highest BCUT2D eigenvalue weighted by atomic mass is 32.1. The molecular formula is C13H18N2OS. The van der Waals surface area contributed by atoms with Gasteiger partial charge in [-0.3, -0.25) is 4.79 Å². The predicted molar refractivity (Wildman–Crippen MR) is 69.5 cm³/mol. The van der Waals surface area contributed by atoms with Crippen LogP contribution in [0.25, 0.3) is 0 Å². The van der Waals surface area contributed by atoms with Gasteiger partial charge in [0.15, 0.2) is 0 Å². The van der Waals surface area contributed by atoms with Gasteiger partial charge in [0, 0.05) is 24.5 Å². The summed E-state index contributed by atoms with van der Waals surface area (Å²) < 4.78 is 0. The first kappa shape index (κ1) is 11.2. The van der Waals surface area contributed by atoms with Gasteiger partial charge in [-0.15, -0.1) is 0 Å². The van der Waals surface area contributed by atoms with Crippen LogP contribution in [0, 0.1) is 12.8 Å². The second-order valence-electron chi connectivity index (χ2n) is 5.14. The third kappa shape index (κ3) is 2.00. The number of thiophene rings is 1.